The SMILES string of the molecule is Cc1c(NC(=O)c2nn3c(c2Br)N[C@H](c2ccc(Br)cc2)C[C@H]3C(F)(F)F)c(=O)n(-c2ccccc2)n1C. The van der Waals surface area contributed by atoms with E-state index in [1.807, 2.05) is 6.07 Å². The summed E-state index contributed by atoms with van der Waals surface area (Å²) in [5.41, 5.74) is 0.979. The van der Waals surface area contributed by atoms with Crippen molar-refractivity contribution in [3.8, 4) is 5.69 Å². The van der Waals surface area contributed by atoms with Crippen LogP contribution in [0.25, 0.3) is 5.69 Å². The molecular formula is C25H21Br2F3N6O2. The van der Waals surface area contributed by atoms with Crippen molar-refractivity contribution in [1.82, 2.24) is 19.1 Å². The molecule has 13 heteroatoms. The van der Waals surface area contributed by atoms with Gasteiger partial charge in [0.25, 0.3) is 11.5 Å². The minimum absolute atomic E-state index is 0.00675. The highest BCUT2D eigenvalue weighted by molar-refractivity contribution is 9.11. The van der Waals surface area contributed by atoms with Crippen LogP contribution in [0.3, 0.4) is 0 Å². The van der Waals surface area contributed by atoms with Gasteiger partial charge in [-0.25, -0.2) is 9.36 Å². The molecule has 0 saturated heterocycles. The zero-order chi connectivity index (χ0) is 27.4. The molecule has 0 saturated carbocycles. The van der Waals surface area contributed by atoms with Crippen LogP contribution in [0.4, 0.5) is 24.7 Å². The van der Waals surface area contributed by atoms with Gasteiger partial charge in [-0.15, -0.1) is 0 Å². The van der Waals surface area contributed by atoms with E-state index in [-0.39, 0.29) is 28.1 Å². The first-order valence-corrected chi connectivity index (χ1v) is 13.1. The first kappa shape index (κ1) is 26.3. The number of rotatable bonds is 4. The molecular weight excluding hydrogens is 633 g/mol. The normalized spacial score (nSPS) is 17.1. The van der Waals surface area contributed by atoms with Gasteiger partial charge >= 0.3 is 6.18 Å². The lowest BCUT2D eigenvalue weighted by Crippen LogP contribution is -2.35. The molecule has 3 heterocycles. The molecule has 0 unspecified atom stereocenters. The molecule has 1 aliphatic heterocycles. The molecule has 2 N–H and O–H groups in total. The van der Waals surface area contributed by atoms with Gasteiger partial charge in [0.2, 0.25) is 0 Å². The van der Waals surface area contributed by atoms with E-state index in [9.17, 15) is 22.8 Å². The number of nitrogens with one attached hydrogen (secondary N) is 2. The second kappa shape index (κ2) is 9.77. The number of para-hydroxylation sites is 1. The second-order valence-corrected chi connectivity index (χ2v) is 10.6. The van der Waals surface area contributed by atoms with Crippen LogP contribution in [-0.2, 0) is 7.05 Å². The summed E-state index contributed by atoms with van der Waals surface area (Å²) in [5, 5.41) is 9.69. The predicted octanol–water partition coefficient (Wildman–Crippen LogP) is 6.12. The first-order valence-electron chi connectivity index (χ1n) is 11.5. The third-order valence-corrected chi connectivity index (χ3v) is 7.86. The summed E-state index contributed by atoms with van der Waals surface area (Å²) in [7, 11) is 1.67. The Morgan fingerprint density at radius 2 is 1.76 bits per heavy atom. The number of benzene rings is 2. The number of carbonyl (C=O) groups is 1. The standard InChI is InChI=1S/C25H21Br2F3N6O2/c1-13-20(24(38)36(34(13)2)16-6-4-3-5-7-16)32-23(37)21-19(27)22-31-17(14-8-10-15(26)11-9-14)12-18(25(28,29)30)35(22)33-21/h3-11,17-18,31H,12H2,1-2H3,(H,32,37)/t17-,18-/m0/s1. The number of anilines is 2. The topological polar surface area (TPSA) is 85.9 Å². The lowest BCUT2D eigenvalue weighted by Gasteiger charge is -2.33. The number of carbonyl (C=O) groups excluding carboxylic acids is 1. The van der Waals surface area contributed by atoms with Crippen molar-refractivity contribution in [3.63, 3.8) is 0 Å². The lowest BCUT2D eigenvalue weighted by atomic mass is 9.97. The Kier molecular flexibility index (Phi) is 6.76. The Balaban J connectivity index is 1.51. The fourth-order valence-electron chi connectivity index (χ4n) is 4.53. The van der Waals surface area contributed by atoms with E-state index in [1.165, 1.54) is 4.68 Å². The number of fused-ring (bicyclic) bond motifs is 1. The number of amides is 1. The van der Waals surface area contributed by atoms with Crippen LogP contribution in [-0.4, -0.2) is 31.2 Å². The fourth-order valence-corrected chi connectivity index (χ4v) is 5.35. The van der Waals surface area contributed by atoms with Gasteiger partial charge in [-0.2, -0.15) is 18.3 Å². The molecule has 4 aromatic rings. The van der Waals surface area contributed by atoms with Gasteiger partial charge in [0.1, 0.15) is 11.5 Å². The van der Waals surface area contributed by atoms with Crippen LogP contribution >= 0.6 is 31.9 Å². The van der Waals surface area contributed by atoms with Gasteiger partial charge in [0.05, 0.1) is 21.9 Å². The van der Waals surface area contributed by atoms with Crippen LogP contribution in [0.5, 0.6) is 0 Å². The van der Waals surface area contributed by atoms with Crippen molar-refractivity contribution in [2.45, 2.75) is 31.6 Å². The maximum absolute atomic E-state index is 14.1. The largest absolute Gasteiger partial charge is 0.410 e. The van der Waals surface area contributed by atoms with Gasteiger partial charge in [-0.3, -0.25) is 14.3 Å². The molecule has 8 nitrogen and oxygen atoms in total. The van der Waals surface area contributed by atoms with Gasteiger partial charge in [0, 0.05) is 17.9 Å². The number of hydrogen-bond donors (Lipinski definition) is 2. The van der Waals surface area contributed by atoms with Crippen molar-refractivity contribution in [3.05, 3.63) is 90.8 Å². The number of aromatic nitrogens is 4. The van der Waals surface area contributed by atoms with Crippen molar-refractivity contribution in [2.24, 2.45) is 7.05 Å². The number of alkyl halides is 3. The smallest absolute Gasteiger partial charge is 0.362 e. The molecule has 1 amide bonds. The van der Waals surface area contributed by atoms with Crippen LogP contribution in [0.2, 0.25) is 0 Å². The van der Waals surface area contributed by atoms with Crippen LogP contribution < -0.4 is 16.2 Å². The molecule has 0 radical (unpaired) electrons. The maximum atomic E-state index is 14.1. The lowest BCUT2D eigenvalue weighted by molar-refractivity contribution is -0.173. The summed E-state index contributed by atoms with van der Waals surface area (Å²) in [5.74, 6) is -0.782. The van der Waals surface area contributed by atoms with E-state index < -0.39 is 29.7 Å². The Labute approximate surface area is 231 Å². The van der Waals surface area contributed by atoms with Gasteiger partial charge < -0.3 is 10.6 Å². The Morgan fingerprint density at radius 3 is 2.39 bits per heavy atom. The van der Waals surface area contributed by atoms with Gasteiger partial charge in [0.15, 0.2) is 11.7 Å². The highest BCUT2D eigenvalue weighted by atomic mass is 79.9. The van der Waals surface area contributed by atoms with Crippen LogP contribution in [0.1, 0.15) is 40.3 Å². The highest BCUT2D eigenvalue weighted by Crippen LogP contribution is 2.46. The third-order valence-electron chi connectivity index (χ3n) is 6.58. The number of nitrogens with zero attached hydrogens (tertiary/aromatic N) is 4. The average molecular weight is 654 g/mol. The number of hydrogen-bond acceptors (Lipinski definition) is 4. The second-order valence-electron chi connectivity index (χ2n) is 8.89. The van der Waals surface area contributed by atoms with E-state index >= 15 is 0 Å². The molecule has 2 aromatic heterocycles. The summed E-state index contributed by atoms with van der Waals surface area (Å²) in [6, 6.07) is 13.2. The molecule has 2 aromatic carbocycles. The van der Waals surface area contributed by atoms with Crippen LogP contribution in [0.15, 0.2) is 68.3 Å². The number of halogens is 5. The molecule has 1 aliphatic rings. The molecule has 0 aliphatic carbocycles. The third kappa shape index (κ3) is 4.57. The summed E-state index contributed by atoms with van der Waals surface area (Å²) in [4.78, 5) is 26.5. The molecule has 198 valence electrons. The van der Waals surface area contributed by atoms with Gasteiger partial charge in [-0.1, -0.05) is 46.3 Å². The Morgan fingerprint density at radius 1 is 1.11 bits per heavy atom. The zero-order valence-corrected chi connectivity index (χ0v) is 23.2. The van der Waals surface area contributed by atoms with E-state index in [1.54, 1.807) is 67.2 Å². The Bertz CT molecular complexity index is 1580. The minimum atomic E-state index is -4.61. The van der Waals surface area contributed by atoms with Crippen molar-refractivity contribution in [1.29, 1.82) is 0 Å². The monoisotopic (exact) mass is 652 g/mol. The molecule has 0 fully saturated rings. The van der Waals surface area contributed by atoms with Crippen molar-refractivity contribution >= 4 is 49.3 Å². The molecule has 0 spiro atoms. The molecule has 5 rings (SSSR count). The summed E-state index contributed by atoms with van der Waals surface area (Å²) >= 11 is 6.61. The fraction of sp³-hybridized carbons (Fsp3) is 0.240. The summed E-state index contributed by atoms with van der Waals surface area (Å²) < 4.78 is 47.0. The molecule has 38 heavy (non-hydrogen) atoms. The molecule has 0 bridgehead atoms. The van der Waals surface area contributed by atoms with E-state index in [2.05, 4.69) is 47.6 Å². The quantitative estimate of drug-likeness (QED) is 0.278. The van der Waals surface area contributed by atoms with Crippen molar-refractivity contribution < 1.29 is 18.0 Å². The van der Waals surface area contributed by atoms with Gasteiger partial charge in [-0.05, 0) is 52.7 Å². The van der Waals surface area contributed by atoms with Crippen LogP contribution in [0, 0.1) is 6.92 Å². The summed E-state index contributed by atoms with van der Waals surface area (Å²) in [6.45, 7) is 1.66. The minimum Gasteiger partial charge on any atom is -0.362 e. The first-order chi connectivity index (χ1) is 18.0. The Hall–Kier alpha value is -3.32. The maximum Gasteiger partial charge on any atom is 0.410 e. The molecule has 2 atom stereocenters. The average Bonchev–Trinajstić information content (AvgIpc) is 3.32. The van der Waals surface area contributed by atoms with E-state index in [0.717, 1.165) is 9.15 Å². The van der Waals surface area contributed by atoms with E-state index in [4.69, 9.17) is 0 Å². The summed E-state index contributed by atoms with van der Waals surface area (Å²) in [6.07, 6.45) is -4.92. The predicted molar refractivity (Wildman–Crippen MR) is 144 cm³/mol. The van der Waals surface area contributed by atoms with Crippen molar-refractivity contribution in [2.75, 3.05) is 10.6 Å². The van der Waals surface area contributed by atoms with E-state index in [0.29, 0.717) is 16.9 Å². The zero-order valence-electron chi connectivity index (χ0n) is 20.1. The highest BCUT2D eigenvalue weighted by Gasteiger charge is 2.47.